The maximum atomic E-state index is 8.35. The van der Waals surface area contributed by atoms with Gasteiger partial charge in [0.05, 0.1) is 0 Å². The highest BCUT2D eigenvalue weighted by atomic mass is 16.1. The van der Waals surface area contributed by atoms with Gasteiger partial charge in [0.15, 0.2) is 0 Å². The molecule has 0 aliphatic rings. The summed E-state index contributed by atoms with van der Waals surface area (Å²) < 4.78 is 0. The first kappa shape index (κ1) is 54.3. The van der Waals surface area contributed by atoms with Crippen LogP contribution in [0.25, 0.3) is 0 Å². The van der Waals surface area contributed by atoms with E-state index in [0.29, 0.717) is 0 Å². The molecule has 8 N–H and O–H groups in total. The third-order valence-corrected chi connectivity index (χ3v) is 0. The monoisotopic (exact) mass is 170 g/mol. The van der Waals surface area contributed by atoms with E-state index in [1.54, 1.807) is 0 Å². The van der Waals surface area contributed by atoms with Gasteiger partial charge in [0.25, 0.3) is 0 Å². The Bertz CT molecular complexity index is 70.5. The molecule has 0 radical (unpaired) electrons. The normalized spacial score (nSPS) is 2.00. The Labute approximate surface area is 64.0 Å². The molecule has 70 valence electrons. The van der Waals surface area contributed by atoms with E-state index in [1.807, 2.05) is 13.8 Å². The molecule has 0 heterocycles. The summed E-state index contributed by atoms with van der Waals surface area (Å²) in [5, 5.41) is 10.8. The number of hydrogen-bond acceptors (Lipinski definition) is 4. The smallest absolute Gasteiger partial charge is 0.231 e. The molecule has 7 heteroatoms. The van der Waals surface area contributed by atoms with E-state index < -0.39 is 0 Å². The van der Waals surface area contributed by atoms with Crippen molar-refractivity contribution in [2.75, 3.05) is 0 Å². The lowest BCUT2D eigenvalue weighted by atomic mass is 11.0. The summed E-state index contributed by atoms with van der Waals surface area (Å²) in [6, 6.07) is 0. The largest absolute Gasteiger partial charge is 0.412 e. The first-order chi connectivity index (χ1) is 3.83. The summed E-state index contributed by atoms with van der Waals surface area (Å²) >= 11 is 0. The maximum Gasteiger partial charge on any atom is 0.231 e. The fraction of sp³-hybridized carbons (Fsp3) is 0.500. The zero-order valence-electron chi connectivity index (χ0n) is 6.32. The second kappa shape index (κ2) is 1230. The van der Waals surface area contributed by atoms with Gasteiger partial charge in [0, 0.05) is 0 Å². The molecule has 0 saturated carbocycles. The van der Waals surface area contributed by atoms with Gasteiger partial charge in [-0.05, 0) is 0 Å². The van der Waals surface area contributed by atoms with Gasteiger partial charge in [-0.2, -0.15) is 0 Å². The average molecular weight is 170 g/mol. The fourth-order valence-electron chi connectivity index (χ4n) is 0. The standard InChI is InChI=1S/C2H6.2CHNO.3H2O/c1-2;2*2-1-3;;;/h1-2H3;2*2H;3*1H2. The second-order valence-corrected chi connectivity index (χ2v) is 0.204. The van der Waals surface area contributed by atoms with Crippen LogP contribution in [0, 0.1) is 10.8 Å². The lowest BCUT2D eigenvalue weighted by Crippen LogP contribution is -1.16. The highest BCUT2D eigenvalue weighted by Gasteiger charge is 1.04. The molecular formula is C4H14N2O5. The quantitative estimate of drug-likeness (QED) is 0.327. The lowest BCUT2D eigenvalue weighted by Gasteiger charge is -1.07. The molecule has 11 heavy (non-hydrogen) atoms. The topological polar surface area (TPSA) is 176 Å². The SMILES string of the molecule is CC.N=C=O.N=C=O.O.O.O. The van der Waals surface area contributed by atoms with Gasteiger partial charge in [-0.15, -0.1) is 0 Å². The Kier molecular flexibility index (Phi) is 6080. The first-order valence-corrected chi connectivity index (χ1v) is 1.91. The maximum absolute atomic E-state index is 8.35. The van der Waals surface area contributed by atoms with Crippen molar-refractivity contribution in [2.24, 2.45) is 0 Å². The molecule has 0 aromatic rings. The summed E-state index contributed by atoms with van der Waals surface area (Å²) in [5.41, 5.74) is 0. The molecule has 0 bridgehead atoms. The van der Waals surface area contributed by atoms with Crippen LogP contribution in [0.1, 0.15) is 13.8 Å². The van der Waals surface area contributed by atoms with Crippen LogP contribution in [0.15, 0.2) is 0 Å². The predicted molar refractivity (Wildman–Crippen MR) is 39.0 cm³/mol. The van der Waals surface area contributed by atoms with E-state index in [0.717, 1.165) is 12.2 Å². The van der Waals surface area contributed by atoms with Crippen LogP contribution >= 0.6 is 0 Å². The van der Waals surface area contributed by atoms with Crippen molar-refractivity contribution in [1.29, 1.82) is 10.8 Å². The van der Waals surface area contributed by atoms with Gasteiger partial charge in [-0.3, -0.25) is 0 Å². The number of hydrogen-bond donors (Lipinski definition) is 2. The Balaban J connectivity index is -0.00000000764. The number of isocyanates is 2. The van der Waals surface area contributed by atoms with Gasteiger partial charge in [0.2, 0.25) is 12.2 Å². The van der Waals surface area contributed by atoms with Crippen LogP contribution in [0.5, 0.6) is 0 Å². The van der Waals surface area contributed by atoms with Crippen molar-refractivity contribution in [3.63, 3.8) is 0 Å². The number of rotatable bonds is 0. The van der Waals surface area contributed by atoms with Gasteiger partial charge in [0.1, 0.15) is 0 Å². The molecule has 0 rings (SSSR count). The predicted octanol–water partition coefficient (Wildman–Crippen LogP) is -1.65. The molecule has 0 aliphatic heterocycles. The molecule has 0 amide bonds. The molecule has 0 atom stereocenters. The highest BCUT2D eigenvalue weighted by molar-refractivity contribution is 5.26. The molecule has 7 nitrogen and oxygen atoms in total. The molecule has 0 aromatic carbocycles. The van der Waals surface area contributed by atoms with Crippen LogP contribution < -0.4 is 0 Å². The summed E-state index contributed by atoms with van der Waals surface area (Å²) in [5.74, 6) is 0. The van der Waals surface area contributed by atoms with E-state index in [2.05, 4.69) is 0 Å². The Morgan fingerprint density at radius 2 is 0.818 bits per heavy atom. The second-order valence-electron chi connectivity index (χ2n) is 0.204. The van der Waals surface area contributed by atoms with Crippen molar-refractivity contribution >= 4 is 12.2 Å². The summed E-state index contributed by atoms with van der Waals surface area (Å²) in [6.07, 6.45) is 1.50. The van der Waals surface area contributed by atoms with Crippen molar-refractivity contribution in [3.8, 4) is 0 Å². The van der Waals surface area contributed by atoms with E-state index in [1.165, 1.54) is 0 Å². The van der Waals surface area contributed by atoms with Crippen LogP contribution in [-0.2, 0) is 9.59 Å². The number of carbonyl (C=O) groups excluding carboxylic acids is 2. The Morgan fingerprint density at radius 1 is 0.818 bits per heavy atom. The van der Waals surface area contributed by atoms with Gasteiger partial charge in [-0.1, -0.05) is 13.8 Å². The van der Waals surface area contributed by atoms with Crippen molar-refractivity contribution in [3.05, 3.63) is 0 Å². The Morgan fingerprint density at radius 3 is 0.818 bits per heavy atom. The summed E-state index contributed by atoms with van der Waals surface area (Å²) in [6.45, 7) is 4.00. The van der Waals surface area contributed by atoms with Crippen LogP contribution in [0.3, 0.4) is 0 Å². The zero-order valence-corrected chi connectivity index (χ0v) is 6.32. The number of nitrogens with one attached hydrogen (secondary N) is 2. The summed E-state index contributed by atoms with van der Waals surface area (Å²) in [4.78, 5) is 16.7. The first-order valence-electron chi connectivity index (χ1n) is 1.91. The Hall–Kier alpha value is -1.36. The third kappa shape index (κ3) is 206. The zero-order chi connectivity index (χ0) is 7.41. The lowest BCUT2D eigenvalue weighted by molar-refractivity contribution is 0.562. The molecule has 0 aliphatic carbocycles. The van der Waals surface area contributed by atoms with E-state index in [-0.39, 0.29) is 16.4 Å². The van der Waals surface area contributed by atoms with Crippen LogP contribution in [0.2, 0.25) is 0 Å². The molecule has 0 saturated heterocycles. The van der Waals surface area contributed by atoms with Crippen LogP contribution in [-0.4, -0.2) is 28.6 Å². The minimum absolute atomic E-state index is 0. The van der Waals surface area contributed by atoms with Gasteiger partial charge < -0.3 is 16.4 Å². The molecule has 0 aromatic heterocycles. The van der Waals surface area contributed by atoms with E-state index in [9.17, 15) is 0 Å². The fourth-order valence-corrected chi connectivity index (χ4v) is 0. The molecule has 0 spiro atoms. The molecule has 0 fully saturated rings. The highest BCUT2D eigenvalue weighted by Crippen LogP contribution is 1.14. The minimum Gasteiger partial charge on any atom is -0.412 e. The van der Waals surface area contributed by atoms with Gasteiger partial charge >= 0.3 is 0 Å². The van der Waals surface area contributed by atoms with E-state index >= 15 is 0 Å². The molecular weight excluding hydrogens is 156 g/mol. The van der Waals surface area contributed by atoms with Gasteiger partial charge in [-0.25, -0.2) is 20.4 Å². The third-order valence-electron chi connectivity index (χ3n) is 0. The average Bonchev–Trinajstić information content (AvgIpc) is 1.75. The van der Waals surface area contributed by atoms with Crippen LogP contribution in [0.4, 0.5) is 0 Å². The van der Waals surface area contributed by atoms with E-state index in [4.69, 9.17) is 20.4 Å². The molecule has 0 unspecified atom stereocenters. The van der Waals surface area contributed by atoms with Crippen molar-refractivity contribution in [2.45, 2.75) is 13.8 Å². The minimum atomic E-state index is 0. The summed E-state index contributed by atoms with van der Waals surface area (Å²) in [7, 11) is 0. The van der Waals surface area contributed by atoms with Crippen molar-refractivity contribution in [1.82, 2.24) is 0 Å². The van der Waals surface area contributed by atoms with Crippen molar-refractivity contribution < 1.29 is 26.0 Å².